The van der Waals surface area contributed by atoms with E-state index < -0.39 is 15.8 Å². The van der Waals surface area contributed by atoms with E-state index in [-0.39, 0.29) is 22.2 Å². The maximum atomic E-state index is 14.0. The molecule has 0 spiro atoms. The van der Waals surface area contributed by atoms with Crippen LogP contribution in [0.5, 0.6) is 0 Å². The van der Waals surface area contributed by atoms with Gasteiger partial charge < -0.3 is 5.73 Å². The molecule has 0 amide bonds. The van der Waals surface area contributed by atoms with Gasteiger partial charge in [0.2, 0.25) is 10.0 Å². The summed E-state index contributed by atoms with van der Waals surface area (Å²) in [6, 6.07) is 2.48. The third-order valence-corrected chi connectivity index (χ3v) is 5.31. The van der Waals surface area contributed by atoms with Crippen LogP contribution in [0.4, 0.5) is 10.1 Å². The molecule has 1 aromatic rings. The Hall–Kier alpha value is -1.14. The molecule has 0 aromatic heterocycles. The Bertz CT molecular complexity index is 601. The quantitative estimate of drug-likeness (QED) is 0.843. The smallest absolute Gasteiger partial charge is 0.243 e. The van der Waals surface area contributed by atoms with Crippen LogP contribution in [0.2, 0.25) is 0 Å². The summed E-state index contributed by atoms with van der Waals surface area (Å²) in [7, 11) is -3.86. The predicted molar refractivity (Wildman–Crippen MR) is 77.3 cm³/mol. The van der Waals surface area contributed by atoms with E-state index in [4.69, 9.17) is 5.73 Å². The number of rotatable bonds is 3. The lowest BCUT2D eigenvalue weighted by atomic mass is 9.88. The number of benzene rings is 1. The highest BCUT2D eigenvalue weighted by Crippen LogP contribution is 2.26. The molecule has 4 nitrogen and oxygen atoms in total. The maximum Gasteiger partial charge on any atom is 0.243 e. The molecule has 3 N–H and O–H groups in total. The molecule has 1 aliphatic carbocycles. The standard InChI is InChI=1S/C14H21FN2O2S/c1-9-4-3-5-12(6-9)17-20(18,19)13-8-11(16)7-10(2)14(13)15/h7-9,12,17H,3-6,16H2,1-2H3. The number of anilines is 1. The van der Waals surface area contributed by atoms with Gasteiger partial charge in [-0.15, -0.1) is 0 Å². The van der Waals surface area contributed by atoms with Crippen molar-refractivity contribution in [2.45, 2.75) is 50.5 Å². The first-order valence-corrected chi connectivity index (χ1v) is 8.36. The van der Waals surface area contributed by atoms with Crippen LogP contribution in [0.25, 0.3) is 0 Å². The molecule has 2 rings (SSSR count). The number of hydrogen-bond donors (Lipinski definition) is 2. The van der Waals surface area contributed by atoms with Crippen LogP contribution in [0.1, 0.15) is 38.2 Å². The Morgan fingerprint density at radius 2 is 2.05 bits per heavy atom. The fraction of sp³-hybridized carbons (Fsp3) is 0.571. The highest BCUT2D eigenvalue weighted by Gasteiger charge is 2.27. The Kier molecular flexibility index (Phi) is 4.34. The van der Waals surface area contributed by atoms with Gasteiger partial charge in [-0.1, -0.05) is 19.8 Å². The molecule has 0 aliphatic heterocycles. The minimum absolute atomic E-state index is 0.120. The number of hydrogen-bond acceptors (Lipinski definition) is 3. The fourth-order valence-electron chi connectivity index (χ4n) is 2.78. The van der Waals surface area contributed by atoms with E-state index in [1.165, 1.54) is 19.1 Å². The molecule has 0 heterocycles. The molecule has 0 radical (unpaired) electrons. The molecule has 0 saturated heterocycles. The predicted octanol–water partition coefficient (Wildman–Crippen LogP) is 2.57. The van der Waals surface area contributed by atoms with E-state index in [0.717, 1.165) is 25.7 Å². The van der Waals surface area contributed by atoms with Gasteiger partial charge >= 0.3 is 0 Å². The lowest BCUT2D eigenvalue weighted by molar-refractivity contribution is 0.327. The van der Waals surface area contributed by atoms with Crippen molar-refractivity contribution in [2.75, 3.05) is 5.73 Å². The van der Waals surface area contributed by atoms with E-state index in [0.29, 0.717) is 5.92 Å². The molecule has 112 valence electrons. The van der Waals surface area contributed by atoms with Crippen molar-refractivity contribution in [2.24, 2.45) is 5.92 Å². The third kappa shape index (κ3) is 3.30. The summed E-state index contributed by atoms with van der Waals surface area (Å²) in [6.45, 7) is 3.61. The lowest BCUT2D eigenvalue weighted by Crippen LogP contribution is -2.38. The van der Waals surface area contributed by atoms with Gasteiger partial charge in [-0.25, -0.2) is 17.5 Å². The first-order valence-electron chi connectivity index (χ1n) is 6.87. The van der Waals surface area contributed by atoms with Gasteiger partial charge in [-0.05, 0) is 43.4 Å². The molecular weight excluding hydrogens is 279 g/mol. The minimum Gasteiger partial charge on any atom is -0.399 e. The van der Waals surface area contributed by atoms with E-state index in [2.05, 4.69) is 11.6 Å². The summed E-state index contributed by atoms with van der Waals surface area (Å²) in [5, 5.41) is 0. The molecule has 1 aliphatic rings. The zero-order valence-electron chi connectivity index (χ0n) is 11.8. The Morgan fingerprint density at radius 3 is 2.70 bits per heavy atom. The van der Waals surface area contributed by atoms with Crippen LogP contribution in [-0.2, 0) is 10.0 Å². The Balaban J connectivity index is 2.26. The summed E-state index contributed by atoms with van der Waals surface area (Å²) < 4.78 is 41.3. The summed E-state index contributed by atoms with van der Waals surface area (Å²) in [5.74, 6) is -0.237. The monoisotopic (exact) mass is 300 g/mol. The van der Waals surface area contributed by atoms with E-state index in [9.17, 15) is 12.8 Å². The summed E-state index contributed by atoms with van der Waals surface area (Å²) in [6.07, 6.45) is 3.70. The van der Waals surface area contributed by atoms with Crippen LogP contribution in [0.15, 0.2) is 17.0 Å². The normalized spacial score (nSPS) is 23.8. The maximum absolute atomic E-state index is 14.0. The first kappa shape index (κ1) is 15.3. The Morgan fingerprint density at radius 1 is 1.35 bits per heavy atom. The molecular formula is C14H21FN2O2S. The van der Waals surface area contributed by atoms with Gasteiger partial charge in [0.25, 0.3) is 0 Å². The largest absolute Gasteiger partial charge is 0.399 e. The van der Waals surface area contributed by atoms with Gasteiger partial charge in [0.15, 0.2) is 0 Å². The topological polar surface area (TPSA) is 72.2 Å². The van der Waals surface area contributed by atoms with Gasteiger partial charge in [-0.2, -0.15) is 0 Å². The molecule has 20 heavy (non-hydrogen) atoms. The molecule has 0 bridgehead atoms. The van der Waals surface area contributed by atoms with E-state index in [1.54, 1.807) is 0 Å². The van der Waals surface area contributed by atoms with Crippen LogP contribution in [0, 0.1) is 18.7 Å². The number of aryl methyl sites for hydroxylation is 1. The molecule has 1 fully saturated rings. The summed E-state index contributed by atoms with van der Waals surface area (Å²) in [5.41, 5.74) is 6.11. The fourth-order valence-corrected chi connectivity index (χ4v) is 4.25. The zero-order valence-corrected chi connectivity index (χ0v) is 12.6. The minimum atomic E-state index is -3.86. The van der Waals surface area contributed by atoms with Crippen molar-refractivity contribution in [3.8, 4) is 0 Å². The van der Waals surface area contributed by atoms with Crippen molar-refractivity contribution in [1.29, 1.82) is 0 Å². The lowest BCUT2D eigenvalue weighted by Gasteiger charge is -2.27. The summed E-state index contributed by atoms with van der Waals surface area (Å²) in [4.78, 5) is -0.353. The van der Waals surface area contributed by atoms with Crippen LogP contribution >= 0.6 is 0 Å². The van der Waals surface area contributed by atoms with Crippen molar-refractivity contribution in [3.63, 3.8) is 0 Å². The van der Waals surface area contributed by atoms with E-state index in [1.807, 2.05) is 0 Å². The third-order valence-electron chi connectivity index (χ3n) is 3.79. The molecule has 2 atom stereocenters. The van der Waals surface area contributed by atoms with Crippen molar-refractivity contribution in [3.05, 3.63) is 23.5 Å². The Labute approximate surface area is 119 Å². The molecule has 1 aromatic carbocycles. The first-order chi connectivity index (χ1) is 9.29. The van der Waals surface area contributed by atoms with Gasteiger partial charge in [0.1, 0.15) is 10.7 Å². The molecule has 1 saturated carbocycles. The number of nitrogens with two attached hydrogens (primary N) is 1. The highest BCUT2D eigenvalue weighted by atomic mass is 32.2. The van der Waals surface area contributed by atoms with Gasteiger partial charge in [0.05, 0.1) is 0 Å². The second-order valence-electron chi connectivity index (χ2n) is 5.74. The van der Waals surface area contributed by atoms with Crippen molar-refractivity contribution in [1.82, 2.24) is 4.72 Å². The van der Waals surface area contributed by atoms with Crippen molar-refractivity contribution < 1.29 is 12.8 Å². The second kappa shape index (κ2) is 5.69. The number of nitrogens with one attached hydrogen (secondary N) is 1. The van der Waals surface area contributed by atoms with Crippen LogP contribution in [-0.4, -0.2) is 14.5 Å². The number of nitrogen functional groups attached to an aromatic ring is 1. The average Bonchev–Trinajstić information content (AvgIpc) is 2.33. The van der Waals surface area contributed by atoms with Gasteiger partial charge in [0, 0.05) is 11.7 Å². The van der Waals surface area contributed by atoms with Crippen LogP contribution in [0.3, 0.4) is 0 Å². The van der Waals surface area contributed by atoms with E-state index >= 15 is 0 Å². The number of sulfonamides is 1. The SMILES string of the molecule is Cc1cc(N)cc(S(=O)(=O)NC2CCCC(C)C2)c1F. The second-order valence-corrected chi connectivity index (χ2v) is 7.42. The van der Waals surface area contributed by atoms with Crippen molar-refractivity contribution >= 4 is 15.7 Å². The summed E-state index contributed by atoms with van der Waals surface area (Å²) >= 11 is 0. The highest BCUT2D eigenvalue weighted by molar-refractivity contribution is 7.89. The van der Waals surface area contributed by atoms with Gasteiger partial charge in [-0.3, -0.25) is 0 Å². The zero-order chi connectivity index (χ0) is 14.9. The average molecular weight is 300 g/mol. The molecule has 2 unspecified atom stereocenters. The molecule has 6 heteroatoms. The van der Waals surface area contributed by atoms with Crippen LogP contribution < -0.4 is 10.5 Å². The number of halogens is 1.